The largest absolute Gasteiger partial charge is 0.415 e. The maximum Gasteiger partial charge on any atom is 0.277 e. The van der Waals surface area contributed by atoms with Crippen molar-refractivity contribution in [2.24, 2.45) is 17.8 Å². The van der Waals surface area contributed by atoms with Crippen molar-refractivity contribution in [2.75, 3.05) is 5.75 Å². The third-order valence-electron chi connectivity index (χ3n) is 6.95. The Hall–Kier alpha value is -1.04. The number of hydrogen-bond donors (Lipinski definition) is 1. The van der Waals surface area contributed by atoms with E-state index < -0.39 is 0 Å². The van der Waals surface area contributed by atoms with Gasteiger partial charge in [-0.3, -0.25) is 4.79 Å². The Kier molecular flexibility index (Phi) is 4.06. The van der Waals surface area contributed by atoms with Gasteiger partial charge in [0.05, 0.1) is 5.75 Å². The SMILES string of the molecule is O=C(CSc1nnc(C23CC4CC(CC(C4)C2)C3)o1)NC1CCCC1. The summed E-state index contributed by atoms with van der Waals surface area (Å²) in [7, 11) is 0. The van der Waals surface area contributed by atoms with Crippen molar-refractivity contribution in [3.8, 4) is 0 Å². The van der Waals surface area contributed by atoms with E-state index in [1.54, 1.807) is 0 Å². The van der Waals surface area contributed by atoms with Crippen LogP contribution in [0.4, 0.5) is 0 Å². The first-order valence-corrected chi connectivity index (χ1v) is 10.9. The van der Waals surface area contributed by atoms with Gasteiger partial charge in [-0.1, -0.05) is 24.6 Å². The molecule has 1 heterocycles. The third-order valence-corrected chi connectivity index (χ3v) is 7.76. The van der Waals surface area contributed by atoms with Crippen LogP contribution in [0.5, 0.6) is 0 Å². The van der Waals surface area contributed by atoms with Gasteiger partial charge in [0.15, 0.2) is 0 Å². The van der Waals surface area contributed by atoms with Gasteiger partial charge in [-0.2, -0.15) is 0 Å². The molecule has 4 bridgehead atoms. The van der Waals surface area contributed by atoms with Crippen LogP contribution >= 0.6 is 11.8 Å². The van der Waals surface area contributed by atoms with E-state index in [-0.39, 0.29) is 11.3 Å². The van der Waals surface area contributed by atoms with Crippen molar-refractivity contribution in [3.05, 3.63) is 5.89 Å². The molecule has 1 aromatic heterocycles. The van der Waals surface area contributed by atoms with Crippen LogP contribution in [0.25, 0.3) is 0 Å². The lowest BCUT2D eigenvalue weighted by Gasteiger charge is -2.55. The Morgan fingerprint density at radius 2 is 1.72 bits per heavy atom. The Balaban J connectivity index is 1.21. The molecule has 1 aromatic rings. The summed E-state index contributed by atoms with van der Waals surface area (Å²) in [6, 6.07) is 0.373. The van der Waals surface area contributed by atoms with E-state index in [1.165, 1.54) is 63.1 Å². The molecule has 0 aromatic carbocycles. The van der Waals surface area contributed by atoms with Gasteiger partial charge in [0, 0.05) is 11.5 Å². The van der Waals surface area contributed by atoms with Gasteiger partial charge in [0.25, 0.3) is 5.22 Å². The van der Waals surface area contributed by atoms with Crippen LogP contribution in [0.1, 0.15) is 70.1 Å². The molecule has 6 rings (SSSR count). The number of rotatable bonds is 5. The molecular weight excluding hydrogens is 334 g/mol. The molecule has 5 saturated carbocycles. The molecule has 5 aliphatic carbocycles. The van der Waals surface area contributed by atoms with Gasteiger partial charge in [0.1, 0.15) is 0 Å². The molecule has 0 unspecified atom stereocenters. The van der Waals surface area contributed by atoms with E-state index >= 15 is 0 Å². The highest BCUT2D eigenvalue weighted by atomic mass is 32.2. The molecule has 25 heavy (non-hydrogen) atoms. The van der Waals surface area contributed by atoms with Gasteiger partial charge in [-0.25, -0.2) is 0 Å². The summed E-state index contributed by atoms with van der Waals surface area (Å²) in [5.41, 5.74) is 0.146. The molecule has 1 N–H and O–H groups in total. The quantitative estimate of drug-likeness (QED) is 0.810. The molecule has 0 aliphatic heterocycles. The Morgan fingerprint density at radius 3 is 2.36 bits per heavy atom. The molecule has 5 aliphatic rings. The summed E-state index contributed by atoms with van der Waals surface area (Å²) < 4.78 is 6.05. The second kappa shape index (κ2) is 6.29. The zero-order valence-electron chi connectivity index (χ0n) is 14.7. The van der Waals surface area contributed by atoms with E-state index in [1.807, 2.05) is 0 Å². The Bertz CT molecular complexity index is 618. The van der Waals surface area contributed by atoms with Gasteiger partial charge in [-0.05, 0) is 69.1 Å². The highest BCUT2D eigenvalue weighted by Gasteiger charge is 2.54. The Labute approximate surface area is 153 Å². The summed E-state index contributed by atoms with van der Waals surface area (Å²) in [5.74, 6) is 3.92. The third kappa shape index (κ3) is 3.11. The number of aromatic nitrogens is 2. The topological polar surface area (TPSA) is 68.0 Å². The lowest BCUT2D eigenvalue weighted by molar-refractivity contribution is -0.119. The normalized spacial score (nSPS) is 36.9. The first-order chi connectivity index (χ1) is 12.2. The highest BCUT2D eigenvalue weighted by molar-refractivity contribution is 7.99. The second-order valence-corrected chi connectivity index (χ2v) is 9.84. The zero-order valence-corrected chi connectivity index (χ0v) is 15.5. The summed E-state index contributed by atoms with van der Waals surface area (Å²) in [4.78, 5) is 12.1. The highest BCUT2D eigenvalue weighted by Crippen LogP contribution is 2.60. The number of nitrogens with one attached hydrogen (secondary N) is 1. The maximum absolute atomic E-state index is 12.1. The van der Waals surface area contributed by atoms with Crippen molar-refractivity contribution < 1.29 is 9.21 Å². The fraction of sp³-hybridized carbons (Fsp3) is 0.842. The van der Waals surface area contributed by atoms with Gasteiger partial charge >= 0.3 is 0 Å². The Morgan fingerprint density at radius 1 is 1.08 bits per heavy atom. The van der Waals surface area contributed by atoms with Crippen molar-refractivity contribution in [1.82, 2.24) is 15.5 Å². The number of carbonyl (C=O) groups is 1. The van der Waals surface area contributed by atoms with Gasteiger partial charge in [-0.15, -0.1) is 10.2 Å². The minimum atomic E-state index is 0.0893. The van der Waals surface area contributed by atoms with Crippen LogP contribution in [-0.2, 0) is 10.2 Å². The van der Waals surface area contributed by atoms with E-state index in [0.29, 0.717) is 17.0 Å². The van der Waals surface area contributed by atoms with Crippen LogP contribution in [0.15, 0.2) is 9.64 Å². The number of carbonyl (C=O) groups excluding carboxylic acids is 1. The number of amides is 1. The minimum absolute atomic E-state index is 0.0893. The second-order valence-electron chi connectivity index (χ2n) is 8.91. The molecule has 0 saturated heterocycles. The predicted molar refractivity (Wildman–Crippen MR) is 95.3 cm³/mol. The van der Waals surface area contributed by atoms with Crippen LogP contribution < -0.4 is 5.32 Å². The summed E-state index contributed by atoms with van der Waals surface area (Å²) in [6.07, 6.45) is 12.6. The van der Waals surface area contributed by atoms with Crippen molar-refractivity contribution in [3.63, 3.8) is 0 Å². The number of hydrogen-bond acceptors (Lipinski definition) is 5. The molecule has 136 valence electrons. The molecule has 0 spiro atoms. The molecule has 0 radical (unpaired) electrons. The lowest BCUT2D eigenvalue weighted by Crippen LogP contribution is -2.48. The zero-order chi connectivity index (χ0) is 16.9. The predicted octanol–water partition coefficient (Wildman–Crippen LogP) is 3.69. The summed E-state index contributed by atoms with van der Waals surface area (Å²) in [6.45, 7) is 0. The smallest absolute Gasteiger partial charge is 0.277 e. The van der Waals surface area contributed by atoms with Crippen molar-refractivity contribution in [2.45, 2.75) is 80.9 Å². The fourth-order valence-corrected chi connectivity index (χ4v) is 6.90. The van der Waals surface area contributed by atoms with Crippen LogP contribution in [-0.4, -0.2) is 27.9 Å². The average molecular weight is 362 g/mol. The first kappa shape index (κ1) is 16.2. The molecule has 1 amide bonds. The molecule has 0 atom stereocenters. The molecule has 6 heteroatoms. The van der Waals surface area contributed by atoms with Gasteiger partial charge < -0.3 is 9.73 Å². The minimum Gasteiger partial charge on any atom is -0.415 e. The molecule has 5 nitrogen and oxygen atoms in total. The first-order valence-electron chi connectivity index (χ1n) is 9.95. The number of nitrogens with zero attached hydrogens (tertiary/aromatic N) is 2. The lowest BCUT2D eigenvalue weighted by atomic mass is 9.49. The van der Waals surface area contributed by atoms with E-state index in [9.17, 15) is 4.79 Å². The van der Waals surface area contributed by atoms with Crippen molar-refractivity contribution >= 4 is 17.7 Å². The van der Waals surface area contributed by atoms with Crippen LogP contribution in [0.2, 0.25) is 0 Å². The summed E-state index contributed by atoms with van der Waals surface area (Å²) in [5, 5.41) is 12.3. The molecular formula is C19H27N3O2S. The van der Waals surface area contributed by atoms with E-state index in [2.05, 4.69) is 15.5 Å². The maximum atomic E-state index is 12.1. The monoisotopic (exact) mass is 361 g/mol. The average Bonchev–Trinajstić information content (AvgIpc) is 3.23. The van der Waals surface area contributed by atoms with Gasteiger partial charge in [0.2, 0.25) is 11.8 Å². The standard InChI is InChI=1S/C19H27N3O2S/c23-16(20-15-3-1-2-4-15)11-25-18-22-21-17(24-18)19-8-12-5-13(9-19)7-14(6-12)10-19/h12-15H,1-11H2,(H,20,23). The van der Waals surface area contributed by atoms with Crippen LogP contribution in [0, 0.1) is 17.8 Å². The fourth-order valence-electron chi connectivity index (χ4n) is 6.32. The molecule has 5 fully saturated rings. The van der Waals surface area contributed by atoms with Crippen LogP contribution in [0.3, 0.4) is 0 Å². The summed E-state index contributed by atoms with van der Waals surface area (Å²) >= 11 is 1.38. The van der Waals surface area contributed by atoms with E-state index in [4.69, 9.17) is 4.42 Å². The van der Waals surface area contributed by atoms with Crippen molar-refractivity contribution in [1.29, 1.82) is 0 Å². The van der Waals surface area contributed by atoms with E-state index in [0.717, 1.165) is 36.5 Å². The number of thioether (sulfide) groups is 1.